The smallest absolute Gasteiger partial charge is 0.238 e. The van der Waals surface area contributed by atoms with Gasteiger partial charge in [-0.1, -0.05) is 31.5 Å². The van der Waals surface area contributed by atoms with Crippen molar-refractivity contribution in [3.8, 4) is 0 Å². The highest BCUT2D eigenvalue weighted by Gasteiger charge is 2.23. The average Bonchev–Trinajstić information content (AvgIpc) is 2.35. The van der Waals surface area contributed by atoms with Crippen LogP contribution in [0.5, 0.6) is 0 Å². The van der Waals surface area contributed by atoms with Gasteiger partial charge in [0, 0.05) is 16.8 Å². The SMILES string of the molecule is CC1CC(C)CC(NCC(=O)Nc2cccc(Cl)c2)C1. The fourth-order valence-corrected chi connectivity index (χ4v) is 3.31. The first kappa shape index (κ1) is 15.3. The van der Waals surface area contributed by atoms with Gasteiger partial charge >= 0.3 is 0 Å². The van der Waals surface area contributed by atoms with Crippen LogP contribution >= 0.6 is 11.6 Å². The Bertz CT molecular complexity index is 454. The fraction of sp³-hybridized carbons (Fsp3) is 0.562. The molecule has 1 amide bonds. The van der Waals surface area contributed by atoms with Gasteiger partial charge in [-0.3, -0.25) is 4.79 Å². The van der Waals surface area contributed by atoms with Crippen molar-refractivity contribution >= 4 is 23.2 Å². The Hall–Kier alpha value is -1.06. The minimum absolute atomic E-state index is 0.0156. The molecule has 0 bridgehead atoms. The molecule has 4 heteroatoms. The summed E-state index contributed by atoms with van der Waals surface area (Å²) >= 11 is 5.89. The molecule has 1 saturated carbocycles. The van der Waals surface area contributed by atoms with E-state index in [4.69, 9.17) is 11.6 Å². The first-order chi connectivity index (χ1) is 9.52. The van der Waals surface area contributed by atoms with Crippen LogP contribution in [-0.4, -0.2) is 18.5 Å². The van der Waals surface area contributed by atoms with Crippen LogP contribution in [0.2, 0.25) is 5.02 Å². The van der Waals surface area contributed by atoms with Crippen LogP contribution in [0.4, 0.5) is 5.69 Å². The molecule has 2 N–H and O–H groups in total. The molecule has 0 heterocycles. The molecule has 1 aromatic carbocycles. The van der Waals surface area contributed by atoms with Gasteiger partial charge in [0.15, 0.2) is 0 Å². The predicted octanol–water partition coefficient (Wildman–Crippen LogP) is 3.69. The molecule has 110 valence electrons. The number of rotatable bonds is 4. The van der Waals surface area contributed by atoms with E-state index >= 15 is 0 Å². The molecular formula is C16H23ClN2O. The van der Waals surface area contributed by atoms with Gasteiger partial charge in [-0.2, -0.15) is 0 Å². The van der Waals surface area contributed by atoms with Crippen LogP contribution < -0.4 is 10.6 Å². The van der Waals surface area contributed by atoms with Crippen molar-refractivity contribution in [1.82, 2.24) is 5.32 Å². The maximum absolute atomic E-state index is 11.9. The largest absolute Gasteiger partial charge is 0.325 e. The fourth-order valence-electron chi connectivity index (χ4n) is 3.12. The minimum atomic E-state index is -0.0156. The van der Waals surface area contributed by atoms with Crippen molar-refractivity contribution in [2.24, 2.45) is 11.8 Å². The number of carbonyl (C=O) groups is 1. The molecule has 0 spiro atoms. The molecule has 1 aromatic rings. The van der Waals surface area contributed by atoms with Crippen molar-refractivity contribution in [2.75, 3.05) is 11.9 Å². The normalized spacial score (nSPS) is 26.2. The molecular weight excluding hydrogens is 272 g/mol. The quantitative estimate of drug-likeness (QED) is 0.889. The molecule has 2 rings (SSSR count). The maximum Gasteiger partial charge on any atom is 0.238 e. The number of hydrogen-bond donors (Lipinski definition) is 2. The first-order valence-electron chi connectivity index (χ1n) is 7.31. The Morgan fingerprint density at radius 3 is 2.60 bits per heavy atom. The Labute approximate surface area is 126 Å². The molecule has 0 saturated heterocycles. The van der Waals surface area contributed by atoms with E-state index in [9.17, 15) is 4.79 Å². The highest BCUT2D eigenvalue weighted by atomic mass is 35.5. The first-order valence-corrected chi connectivity index (χ1v) is 7.69. The summed E-state index contributed by atoms with van der Waals surface area (Å²) in [6.07, 6.45) is 3.62. The Morgan fingerprint density at radius 1 is 1.25 bits per heavy atom. The van der Waals surface area contributed by atoms with Gasteiger partial charge in [0.05, 0.1) is 6.54 Å². The summed E-state index contributed by atoms with van der Waals surface area (Å²) < 4.78 is 0. The van der Waals surface area contributed by atoms with Crippen LogP contribution in [-0.2, 0) is 4.79 Å². The lowest BCUT2D eigenvalue weighted by atomic mass is 9.80. The number of halogens is 1. The maximum atomic E-state index is 11.9. The van der Waals surface area contributed by atoms with Crippen LogP contribution in [0.3, 0.4) is 0 Å². The monoisotopic (exact) mass is 294 g/mol. The molecule has 3 nitrogen and oxygen atoms in total. The average molecular weight is 295 g/mol. The molecule has 20 heavy (non-hydrogen) atoms. The third-order valence-electron chi connectivity index (χ3n) is 3.84. The van der Waals surface area contributed by atoms with Crippen molar-refractivity contribution < 1.29 is 4.79 Å². The predicted molar refractivity (Wildman–Crippen MR) is 84.1 cm³/mol. The summed E-state index contributed by atoms with van der Waals surface area (Å²) in [4.78, 5) is 11.9. The third-order valence-corrected chi connectivity index (χ3v) is 4.07. The molecule has 1 aliphatic rings. The van der Waals surface area contributed by atoms with E-state index in [1.807, 2.05) is 12.1 Å². The lowest BCUT2D eigenvalue weighted by Crippen LogP contribution is -2.40. The number of carbonyl (C=O) groups excluding carboxylic acids is 1. The van der Waals surface area contributed by atoms with Gasteiger partial charge in [-0.05, 0) is 49.3 Å². The van der Waals surface area contributed by atoms with Crippen molar-refractivity contribution in [3.05, 3.63) is 29.3 Å². The highest BCUT2D eigenvalue weighted by molar-refractivity contribution is 6.30. The van der Waals surface area contributed by atoms with Crippen molar-refractivity contribution in [2.45, 2.75) is 39.2 Å². The number of benzene rings is 1. The second-order valence-electron chi connectivity index (χ2n) is 6.05. The summed E-state index contributed by atoms with van der Waals surface area (Å²) in [6.45, 7) is 4.93. The van der Waals surface area contributed by atoms with Gasteiger partial charge in [-0.15, -0.1) is 0 Å². The van der Waals surface area contributed by atoms with E-state index in [2.05, 4.69) is 24.5 Å². The van der Waals surface area contributed by atoms with E-state index in [0.29, 0.717) is 17.6 Å². The van der Waals surface area contributed by atoms with Crippen LogP contribution in [0.15, 0.2) is 24.3 Å². The number of nitrogens with one attached hydrogen (secondary N) is 2. The highest BCUT2D eigenvalue weighted by Crippen LogP contribution is 2.28. The van der Waals surface area contributed by atoms with Crippen LogP contribution in [0.25, 0.3) is 0 Å². The van der Waals surface area contributed by atoms with Crippen LogP contribution in [0, 0.1) is 11.8 Å². The van der Waals surface area contributed by atoms with Crippen LogP contribution in [0.1, 0.15) is 33.1 Å². The summed E-state index contributed by atoms with van der Waals surface area (Å²) in [5.41, 5.74) is 0.745. The molecule has 2 atom stereocenters. The number of anilines is 1. The van der Waals surface area contributed by atoms with E-state index in [1.165, 1.54) is 6.42 Å². The third kappa shape index (κ3) is 4.80. The standard InChI is InChI=1S/C16H23ClN2O/c1-11-6-12(2)8-15(7-11)18-10-16(20)19-14-5-3-4-13(17)9-14/h3-5,9,11-12,15,18H,6-8,10H2,1-2H3,(H,19,20). The van der Waals surface area contributed by atoms with E-state index < -0.39 is 0 Å². The lowest BCUT2D eigenvalue weighted by Gasteiger charge is -2.31. The second-order valence-corrected chi connectivity index (χ2v) is 6.49. The van der Waals surface area contributed by atoms with Gasteiger partial charge in [0.2, 0.25) is 5.91 Å². The Morgan fingerprint density at radius 2 is 1.95 bits per heavy atom. The van der Waals surface area contributed by atoms with Crippen molar-refractivity contribution in [3.63, 3.8) is 0 Å². The van der Waals surface area contributed by atoms with Crippen molar-refractivity contribution in [1.29, 1.82) is 0 Å². The zero-order chi connectivity index (χ0) is 14.5. The summed E-state index contributed by atoms with van der Waals surface area (Å²) in [7, 11) is 0. The summed E-state index contributed by atoms with van der Waals surface area (Å²) in [5.74, 6) is 1.47. The van der Waals surface area contributed by atoms with E-state index in [-0.39, 0.29) is 5.91 Å². The topological polar surface area (TPSA) is 41.1 Å². The zero-order valence-electron chi connectivity index (χ0n) is 12.2. The molecule has 2 unspecified atom stereocenters. The second kappa shape index (κ2) is 7.09. The number of amides is 1. The molecule has 0 aromatic heterocycles. The summed E-state index contributed by atoms with van der Waals surface area (Å²) in [6, 6.07) is 7.67. The van der Waals surface area contributed by atoms with E-state index in [1.54, 1.807) is 12.1 Å². The van der Waals surface area contributed by atoms with Gasteiger partial charge in [-0.25, -0.2) is 0 Å². The molecule has 0 aliphatic heterocycles. The van der Waals surface area contributed by atoms with Gasteiger partial charge in [0.25, 0.3) is 0 Å². The molecule has 1 fully saturated rings. The lowest BCUT2D eigenvalue weighted by molar-refractivity contribution is -0.115. The molecule has 0 radical (unpaired) electrons. The van der Waals surface area contributed by atoms with Gasteiger partial charge < -0.3 is 10.6 Å². The minimum Gasteiger partial charge on any atom is -0.325 e. The molecule has 1 aliphatic carbocycles. The van der Waals surface area contributed by atoms with E-state index in [0.717, 1.165) is 30.4 Å². The Balaban J connectivity index is 1.77. The Kier molecular flexibility index (Phi) is 5.44. The summed E-state index contributed by atoms with van der Waals surface area (Å²) in [5, 5.41) is 6.86. The van der Waals surface area contributed by atoms with Gasteiger partial charge in [0.1, 0.15) is 0 Å². The zero-order valence-corrected chi connectivity index (χ0v) is 12.9. The number of hydrogen-bond acceptors (Lipinski definition) is 2.